The zero-order valence-electron chi connectivity index (χ0n) is 12.8. The first-order valence-corrected chi connectivity index (χ1v) is 7.36. The van der Waals surface area contributed by atoms with Gasteiger partial charge in [-0.15, -0.1) is 0 Å². The molecule has 1 aromatic heterocycles. The molecule has 1 aromatic carbocycles. The van der Waals surface area contributed by atoms with E-state index < -0.39 is 0 Å². The Morgan fingerprint density at radius 2 is 1.82 bits per heavy atom. The standard InChI is InChI=1S/C16H19N3O3/c1-21-14-8-12-13(9-15(14)22-2)17-10-18-16(12)19-6-3-4-11(20)5-7-19/h8-10H,3-7H2,1-2H3. The van der Waals surface area contributed by atoms with Crippen LogP contribution in [0.25, 0.3) is 10.9 Å². The van der Waals surface area contributed by atoms with E-state index in [-0.39, 0.29) is 0 Å². The third-order valence-electron chi connectivity index (χ3n) is 3.96. The highest BCUT2D eigenvalue weighted by atomic mass is 16.5. The summed E-state index contributed by atoms with van der Waals surface area (Å²) in [7, 11) is 3.21. The minimum atomic E-state index is 0.320. The molecule has 0 spiro atoms. The zero-order valence-corrected chi connectivity index (χ0v) is 12.8. The molecule has 0 saturated carbocycles. The van der Waals surface area contributed by atoms with Crippen LogP contribution in [-0.2, 0) is 4.79 Å². The van der Waals surface area contributed by atoms with Crippen molar-refractivity contribution < 1.29 is 14.3 Å². The summed E-state index contributed by atoms with van der Waals surface area (Å²) in [4.78, 5) is 22.5. The molecule has 0 amide bonds. The van der Waals surface area contributed by atoms with E-state index in [1.54, 1.807) is 20.5 Å². The van der Waals surface area contributed by atoms with Crippen LogP contribution >= 0.6 is 0 Å². The first kappa shape index (κ1) is 14.6. The lowest BCUT2D eigenvalue weighted by atomic mass is 10.2. The second-order valence-electron chi connectivity index (χ2n) is 5.30. The van der Waals surface area contributed by atoms with Gasteiger partial charge in [0.25, 0.3) is 0 Å². The fourth-order valence-corrected chi connectivity index (χ4v) is 2.80. The van der Waals surface area contributed by atoms with Crippen LogP contribution in [0.4, 0.5) is 5.82 Å². The molecule has 6 heteroatoms. The van der Waals surface area contributed by atoms with Gasteiger partial charge in [0.1, 0.15) is 17.9 Å². The molecule has 22 heavy (non-hydrogen) atoms. The summed E-state index contributed by atoms with van der Waals surface area (Å²) in [6.07, 6.45) is 3.63. The molecule has 0 atom stereocenters. The second-order valence-corrected chi connectivity index (χ2v) is 5.30. The SMILES string of the molecule is COc1cc2ncnc(N3CCCC(=O)CC3)c2cc1OC. The molecule has 116 valence electrons. The quantitative estimate of drug-likeness (QED) is 0.866. The van der Waals surface area contributed by atoms with Crippen LogP contribution in [0.5, 0.6) is 11.5 Å². The first-order chi connectivity index (χ1) is 10.7. The van der Waals surface area contributed by atoms with Gasteiger partial charge in [-0.3, -0.25) is 4.79 Å². The number of aromatic nitrogens is 2. The Balaban J connectivity index is 2.07. The summed E-state index contributed by atoms with van der Waals surface area (Å²) in [5.41, 5.74) is 0.804. The number of carbonyl (C=O) groups is 1. The normalized spacial score (nSPS) is 15.7. The smallest absolute Gasteiger partial charge is 0.162 e. The Labute approximate surface area is 129 Å². The van der Waals surface area contributed by atoms with Crippen molar-refractivity contribution in [1.82, 2.24) is 9.97 Å². The van der Waals surface area contributed by atoms with E-state index in [9.17, 15) is 4.79 Å². The van der Waals surface area contributed by atoms with E-state index in [4.69, 9.17) is 9.47 Å². The fraction of sp³-hybridized carbons (Fsp3) is 0.438. The van der Waals surface area contributed by atoms with Crippen LogP contribution in [0.2, 0.25) is 0 Å². The average molecular weight is 301 g/mol. The van der Waals surface area contributed by atoms with Crippen LogP contribution in [0.1, 0.15) is 19.3 Å². The van der Waals surface area contributed by atoms with Crippen LogP contribution in [0.3, 0.4) is 0 Å². The van der Waals surface area contributed by atoms with Gasteiger partial charge in [-0.25, -0.2) is 9.97 Å². The number of fused-ring (bicyclic) bond motifs is 1. The minimum Gasteiger partial charge on any atom is -0.493 e. The van der Waals surface area contributed by atoms with Crippen molar-refractivity contribution in [3.8, 4) is 11.5 Å². The number of anilines is 1. The molecule has 0 bridgehead atoms. The third kappa shape index (κ3) is 2.68. The molecular formula is C16H19N3O3. The highest BCUT2D eigenvalue weighted by Gasteiger charge is 2.19. The van der Waals surface area contributed by atoms with Gasteiger partial charge in [-0.05, 0) is 12.5 Å². The highest BCUT2D eigenvalue weighted by Crippen LogP contribution is 2.35. The zero-order chi connectivity index (χ0) is 15.5. The van der Waals surface area contributed by atoms with Gasteiger partial charge in [-0.2, -0.15) is 0 Å². The minimum absolute atomic E-state index is 0.320. The van der Waals surface area contributed by atoms with Crippen molar-refractivity contribution in [2.75, 3.05) is 32.2 Å². The number of rotatable bonds is 3. The number of nitrogens with zero attached hydrogens (tertiary/aromatic N) is 3. The van der Waals surface area contributed by atoms with Crippen LogP contribution in [0.15, 0.2) is 18.5 Å². The highest BCUT2D eigenvalue weighted by molar-refractivity contribution is 5.92. The molecule has 0 aliphatic carbocycles. The summed E-state index contributed by atoms with van der Waals surface area (Å²) in [5, 5.41) is 0.912. The summed E-state index contributed by atoms with van der Waals surface area (Å²) < 4.78 is 10.7. The molecule has 1 aliphatic rings. The summed E-state index contributed by atoms with van der Waals surface area (Å²) >= 11 is 0. The molecule has 3 rings (SSSR count). The molecule has 2 aromatic rings. The van der Waals surface area contributed by atoms with Crippen molar-refractivity contribution >= 4 is 22.5 Å². The van der Waals surface area contributed by atoms with Gasteiger partial charge >= 0.3 is 0 Å². The maximum absolute atomic E-state index is 11.6. The van der Waals surface area contributed by atoms with E-state index in [0.29, 0.717) is 36.7 Å². The van der Waals surface area contributed by atoms with Gasteiger partial charge in [0.15, 0.2) is 11.5 Å². The van der Waals surface area contributed by atoms with E-state index >= 15 is 0 Å². The third-order valence-corrected chi connectivity index (χ3v) is 3.96. The average Bonchev–Trinajstić information content (AvgIpc) is 2.77. The maximum atomic E-state index is 11.6. The Morgan fingerprint density at radius 1 is 1.05 bits per heavy atom. The molecule has 0 unspecified atom stereocenters. The first-order valence-electron chi connectivity index (χ1n) is 7.36. The van der Waals surface area contributed by atoms with E-state index in [1.807, 2.05) is 12.1 Å². The maximum Gasteiger partial charge on any atom is 0.162 e. The topological polar surface area (TPSA) is 64.6 Å². The Kier molecular flexibility index (Phi) is 4.09. The summed E-state index contributed by atoms with van der Waals surface area (Å²) in [6.45, 7) is 1.52. The fourth-order valence-electron chi connectivity index (χ4n) is 2.80. The van der Waals surface area contributed by atoms with Gasteiger partial charge in [0.05, 0.1) is 19.7 Å². The number of carbonyl (C=O) groups excluding carboxylic acids is 1. The number of hydrogen-bond donors (Lipinski definition) is 0. The van der Waals surface area contributed by atoms with Crippen molar-refractivity contribution in [3.63, 3.8) is 0 Å². The Bertz CT molecular complexity index is 702. The van der Waals surface area contributed by atoms with Crippen LogP contribution in [-0.4, -0.2) is 43.1 Å². The molecule has 2 heterocycles. The lowest BCUT2D eigenvalue weighted by Gasteiger charge is -2.22. The van der Waals surface area contributed by atoms with Crippen molar-refractivity contribution in [1.29, 1.82) is 0 Å². The van der Waals surface area contributed by atoms with E-state index in [2.05, 4.69) is 14.9 Å². The van der Waals surface area contributed by atoms with Gasteiger partial charge in [0, 0.05) is 37.4 Å². The van der Waals surface area contributed by atoms with Crippen molar-refractivity contribution in [3.05, 3.63) is 18.5 Å². The molecule has 1 fully saturated rings. The number of benzene rings is 1. The van der Waals surface area contributed by atoms with Gasteiger partial charge in [0.2, 0.25) is 0 Å². The van der Waals surface area contributed by atoms with E-state index in [0.717, 1.165) is 29.7 Å². The van der Waals surface area contributed by atoms with Gasteiger partial charge < -0.3 is 14.4 Å². The number of methoxy groups -OCH3 is 2. The number of Topliss-reactive ketones (excluding diaryl/α,β-unsaturated/α-hetero) is 1. The molecule has 0 N–H and O–H groups in total. The molecule has 1 saturated heterocycles. The van der Waals surface area contributed by atoms with Crippen LogP contribution < -0.4 is 14.4 Å². The molecular weight excluding hydrogens is 282 g/mol. The molecule has 1 aliphatic heterocycles. The van der Waals surface area contributed by atoms with Crippen molar-refractivity contribution in [2.24, 2.45) is 0 Å². The Hall–Kier alpha value is -2.37. The Morgan fingerprint density at radius 3 is 2.59 bits per heavy atom. The summed E-state index contributed by atoms with van der Waals surface area (Å²) in [5.74, 6) is 2.46. The predicted molar refractivity (Wildman–Crippen MR) is 83.7 cm³/mol. The van der Waals surface area contributed by atoms with E-state index in [1.165, 1.54) is 0 Å². The molecule has 0 radical (unpaired) electrons. The molecule has 6 nitrogen and oxygen atoms in total. The predicted octanol–water partition coefficient (Wildman–Crippen LogP) is 2.21. The number of hydrogen-bond acceptors (Lipinski definition) is 6. The lowest BCUT2D eigenvalue weighted by molar-refractivity contribution is -0.118. The number of ketones is 1. The lowest BCUT2D eigenvalue weighted by Crippen LogP contribution is -2.25. The van der Waals surface area contributed by atoms with Gasteiger partial charge in [-0.1, -0.05) is 0 Å². The summed E-state index contributed by atoms with van der Waals surface area (Å²) in [6, 6.07) is 3.75. The largest absolute Gasteiger partial charge is 0.493 e. The van der Waals surface area contributed by atoms with Crippen LogP contribution in [0, 0.1) is 0 Å². The monoisotopic (exact) mass is 301 g/mol. The van der Waals surface area contributed by atoms with Crippen molar-refractivity contribution in [2.45, 2.75) is 19.3 Å². The number of ether oxygens (including phenoxy) is 2. The second kappa shape index (κ2) is 6.17.